The number of halogens is 2. The minimum atomic E-state index is -2.97. The fourth-order valence-electron chi connectivity index (χ4n) is 2.51. The van der Waals surface area contributed by atoms with E-state index < -0.39 is 12.6 Å². The lowest BCUT2D eigenvalue weighted by molar-refractivity contribution is -0.129. The third kappa shape index (κ3) is 3.08. The largest absolute Gasteiger partial charge is 0.454 e. The summed E-state index contributed by atoms with van der Waals surface area (Å²) in [4.78, 5) is 16.2. The van der Waals surface area contributed by atoms with Crippen LogP contribution < -0.4 is 14.2 Å². The van der Waals surface area contributed by atoms with Crippen molar-refractivity contribution < 1.29 is 32.5 Å². The predicted octanol–water partition coefficient (Wildman–Crippen LogP) is 3.36. The summed E-state index contributed by atoms with van der Waals surface area (Å²) < 4.78 is 45.1. The Morgan fingerprint density at radius 2 is 1.92 bits per heavy atom. The molecule has 0 amide bonds. The topological polar surface area (TPSA) is 66.4 Å². The number of nitrogens with zero attached hydrogens (tertiary/aromatic N) is 1. The molecule has 0 aromatic heterocycles. The summed E-state index contributed by atoms with van der Waals surface area (Å²) in [5, 5.41) is 0. The van der Waals surface area contributed by atoms with Crippen molar-refractivity contribution in [3.05, 3.63) is 59.3 Å². The minimum Gasteiger partial charge on any atom is -0.454 e. The van der Waals surface area contributed by atoms with Gasteiger partial charge in [0.25, 0.3) is 0 Å². The number of para-hydroxylation sites is 1. The van der Waals surface area contributed by atoms with Crippen LogP contribution in [0.5, 0.6) is 17.2 Å². The van der Waals surface area contributed by atoms with Gasteiger partial charge in [0.2, 0.25) is 12.7 Å². The maximum absolute atomic E-state index is 12.5. The van der Waals surface area contributed by atoms with Gasteiger partial charge in [0.1, 0.15) is 5.75 Å². The lowest BCUT2D eigenvalue weighted by Gasteiger charge is -2.07. The highest BCUT2D eigenvalue weighted by atomic mass is 19.3. The standard InChI is InChI=1S/C18H11F2NO5/c19-18(20)25-13-4-2-1-3-10(13)7-12-17(22)26-16(21-12)11-5-6-14-15(8-11)24-9-23-14/h1-8,18H,9H2. The molecule has 0 saturated carbocycles. The van der Waals surface area contributed by atoms with E-state index in [2.05, 4.69) is 9.73 Å². The number of cyclic esters (lactones) is 1. The van der Waals surface area contributed by atoms with Gasteiger partial charge < -0.3 is 18.9 Å². The molecule has 6 nitrogen and oxygen atoms in total. The first-order chi connectivity index (χ1) is 12.6. The second-order valence-corrected chi connectivity index (χ2v) is 5.32. The predicted molar refractivity (Wildman–Crippen MR) is 86.2 cm³/mol. The Morgan fingerprint density at radius 1 is 1.12 bits per heavy atom. The number of ether oxygens (including phenoxy) is 4. The first-order valence-corrected chi connectivity index (χ1v) is 7.56. The van der Waals surface area contributed by atoms with Gasteiger partial charge in [0, 0.05) is 11.1 Å². The van der Waals surface area contributed by atoms with E-state index in [9.17, 15) is 13.6 Å². The van der Waals surface area contributed by atoms with E-state index in [0.29, 0.717) is 17.1 Å². The SMILES string of the molecule is O=C1OC(c2ccc3c(c2)OCO3)=NC1=Cc1ccccc1OC(F)F. The molecule has 2 aliphatic heterocycles. The smallest absolute Gasteiger partial charge is 0.387 e. The van der Waals surface area contributed by atoms with E-state index in [4.69, 9.17) is 14.2 Å². The quantitative estimate of drug-likeness (QED) is 0.619. The van der Waals surface area contributed by atoms with Crippen LogP contribution in [0.3, 0.4) is 0 Å². The lowest BCUT2D eigenvalue weighted by atomic mass is 10.1. The first-order valence-electron chi connectivity index (χ1n) is 7.56. The van der Waals surface area contributed by atoms with Gasteiger partial charge in [-0.3, -0.25) is 0 Å². The molecule has 2 heterocycles. The fraction of sp³-hybridized carbons (Fsp3) is 0.111. The van der Waals surface area contributed by atoms with Crippen molar-refractivity contribution in [3.8, 4) is 17.2 Å². The van der Waals surface area contributed by atoms with Crippen molar-refractivity contribution in [2.24, 2.45) is 4.99 Å². The minimum absolute atomic E-state index is 0.0250. The van der Waals surface area contributed by atoms with Crippen molar-refractivity contribution >= 4 is 17.9 Å². The van der Waals surface area contributed by atoms with Crippen LogP contribution in [0.2, 0.25) is 0 Å². The van der Waals surface area contributed by atoms with E-state index in [0.717, 1.165) is 0 Å². The highest BCUT2D eigenvalue weighted by Gasteiger charge is 2.26. The average molecular weight is 359 g/mol. The molecule has 0 aliphatic carbocycles. The molecule has 8 heteroatoms. The molecule has 2 aromatic carbocycles. The van der Waals surface area contributed by atoms with E-state index in [1.807, 2.05) is 0 Å². The molecule has 0 atom stereocenters. The first kappa shape index (κ1) is 16.1. The Morgan fingerprint density at radius 3 is 2.77 bits per heavy atom. The number of hydrogen-bond acceptors (Lipinski definition) is 6. The number of aliphatic imine (C=N–C) groups is 1. The van der Waals surface area contributed by atoms with Crippen LogP contribution in [0.25, 0.3) is 6.08 Å². The van der Waals surface area contributed by atoms with Gasteiger partial charge >= 0.3 is 12.6 Å². The Hall–Kier alpha value is -3.42. The number of carbonyl (C=O) groups excluding carboxylic acids is 1. The second-order valence-electron chi connectivity index (χ2n) is 5.32. The number of hydrogen-bond donors (Lipinski definition) is 0. The molecule has 0 unspecified atom stereocenters. The molecule has 26 heavy (non-hydrogen) atoms. The number of rotatable bonds is 4. The maximum atomic E-state index is 12.5. The summed E-state index contributed by atoms with van der Waals surface area (Å²) >= 11 is 0. The summed E-state index contributed by atoms with van der Waals surface area (Å²) in [6.07, 6.45) is 1.33. The number of alkyl halides is 2. The normalized spacial score (nSPS) is 16.8. The van der Waals surface area contributed by atoms with Crippen LogP contribution in [0.15, 0.2) is 53.2 Å². The molecule has 0 bridgehead atoms. The summed E-state index contributed by atoms with van der Waals surface area (Å²) in [6, 6.07) is 11.1. The Bertz CT molecular complexity index is 939. The van der Waals surface area contributed by atoms with E-state index in [-0.39, 0.29) is 29.7 Å². The highest BCUT2D eigenvalue weighted by molar-refractivity contribution is 6.13. The zero-order valence-corrected chi connectivity index (χ0v) is 13.1. The van der Waals surface area contributed by atoms with Gasteiger partial charge in [-0.05, 0) is 30.3 Å². The van der Waals surface area contributed by atoms with E-state index in [1.165, 1.54) is 18.2 Å². The Kier molecular flexibility index (Phi) is 4.00. The van der Waals surface area contributed by atoms with Crippen molar-refractivity contribution in [1.29, 1.82) is 0 Å². The number of carbonyl (C=O) groups is 1. The molecule has 2 aliphatic rings. The number of fused-ring (bicyclic) bond motifs is 1. The van der Waals surface area contributed by atoms with Gasteiger partial charge in [0.05, 0.1) is 0 Å². The van der Waals surface area contributed by atoms with Gasteiger partial charge in [0.15, 0.2) is 17.2 Å². The lowest BCUT2D eigenvalue weighted by Crippen LogP contribution is -2.05. The van der Waals surface area contributed by atoms with Crippen LogP contribution in [0.1, 0.15) is 11.1 Å². The molecule has 0 saturated heterocycles. The van der Waals surface area contributed by atoms with Crippen molar-refractivity contribution in [3.63, 3.8) is 0 Å². The molecule has 4 rings (SSSR count). The van der Waals surface area contributed by atoms with Crippen molar-refractivity contribution in [1.82, 2.24) is 0 Å². The zero-order chi connectivity index (χ0) is 18.1. The molecule has 0 fully saturated rings. The summed E-state index contributed by atoms with van der Waals surface area (Å²) in [5.74, 6) is 0.452. The van der Waals surface area contributed by atoms with Crippen LogP contribution in [-0.2, 0) is 9.53 Å². The number of benzene rings is 2. The summed E-state index contributed by atoms with van der Waals surface area (Å²) in [6.45, 7) is -2.85. The van der Waals surface area contributed by atoms with Crippen LogP contribution >= 0.6 is 0 Å². The van der Waals surface area contributed by atoms with Crippen LogP contribution in [0.4, 0.5) is 8.78 Å². The summed E-state index contributed by atoms with van der Waals surface area (Å²) in [5.41, 5.74) is 0.793. The molecule has 2 aromatic rings. The average Bonchev–Trinajstić information content (AvgIpc) is 3.22. The molecule has 0 N–H and O–H groups in total. The highest BCUT2D eigenvalue weighted by Crippen LogP contribution is 2.34. The van der Waals surface area contributed by atoms with Gasteiger partial charge in [-0.2, -0.15) is 8.78 Å². The molecule has 132 valence electrons. The summed E-state index contributed by atoms with van der Waals surface area (Å²) in [7, 11) is 0. The monoisotopic (exact) mass is 359 g/mol. The zero-order valence-electron chi connectivity index (χ0n) is 13.1. The third-order valence-electron chi connectivity index (χ3n) is 3.67. The van der Waals surface area contributed by atoms with Gasteiger partial charge in [-0.15, -0.1) is 0 Å². The van der Waals surface area contributed by atoms with E-state index >= 15 is 0 Å². The maximum Gasteiger partial charge on any atom is 0.387 e. The third-order valence-corrected chi connectivity index (χ3v) is 3.67. The Labute approximate surface area is 146 Å². The van der Waals surface area contributed by atoms with Gasteiger partial charge in [-0.25, -0.2) is 9.79 Å². The van der Waals surface area contributed by atoms with Crippen LogP contribution in [-0.4, -0.2) is 25.3 Å². The fourth-order valence-corrected chi connectivity index (χ4v) is 2.51. The molecule has 0 spiro atoms. The van der Waals surface area contributed by atoms with Crippen LogP contribution in [0, 0.1) is 0 Å². The molecular formula is C18H11F2NO5. The Balaban J connectivity index is 1.66. The van der Waals surface area contributed by atoms with Crippen molar-refractivity contribution in [2.75, 3.05) is 6.79 Å². The van der Waals surface area contributed by atoms with Gasteiger partial charge in [-0.1, -0.05) is 18.2 Å². The second kappa shape index (κ2) is 6.47. The van der Waals surface area contributed by atoms with Crippen molar-refractivity contribution in [2.45, 2.75) is 6.61 Å². The molecular weight excluding hydrogens is 348 g/mol. The van der Waals surface area contributed by atoms with E-state index in [1.54, 1.807) is 30.3 Å². The molecule has 0 radical (unpaired) electrons. The number of esters is 1.